The van der Waals surface area contributed by atoms with Crippen molar-refractivity contribution in [1.29, 1.82) is 0 Å². The second kappa shape index (κ2) is 17.8. The number of hydrogen-bond donors (Lipinski definition) is 0. The van der Waals surface area contributed by atoms with Gasteiger partial charge in [0.25, 0.3) is 0 Å². The van der Waals surface area contributed by atoms with Crippen molar-refractivity contribution in [3.63, 3.8) is 0 Å². The molecule has 0 bridgehead atoms. The number of nitrogens with zero attached hydrogens (tertiary/aromatic N) is 3. The molecule has 0 radical (unpaired) electrons. The lowest BCUT2D eigenvalue weighted by atomic mass is 9.67. The van der Waals surface area contributed by atoms with E-state index in [-0.39, 0.29) is 0 Å². The molecule has 1 aliphatic carbocycles. The van der Waals surface area contributed by atoms with Gasteiger partial charge in [-0.2, -0.15) is 0 Å². The molecule has 14 rings (SSSR count). The van der Waals surface area contributed by atoms with E-state index < -0.39 is 5.41 Å². The summed E-state index contributed by atoms with van der Waals surface area (Å²) >= 11 is 0. The molecule has 346 valence electrons. The number of benzene rings is 11. The highest BCUT2D eigenvalue weighted by atomic mass is 16.3. The molecule has 0 fully saturated rings. The van der Waals surface area contributed by atoms with Crippen molar-refractivity contribution in [1.82, 2.24) is 15.0 Å². The molecule has 74 heavy (non-hydrogen) atoms. The van der Waals surface area contributed by atoms with Gasteiger partial charge in [-0.1, -0.05) is 243 Å². The predicted octanol–water partition coefficient (Wildman–Crippen LogP) is 17.8. The lowest BCUT2D eigenvalue weighted by Crippen LogP contribution is -2.28. The van der Waals surface area contributed by atoms with Crippen molar-refractivity contribution in [2.75, 3.05) is 0 Å². The van der Waals surface area contributed by atoms with Crippen molar-refractivity contribution >= 4 is 21.9 Å². The summed E-state index contributed by atoms with van der Waals surface area (Å²) in [5.74, 6) is 1.78. The highest BCUT2D eigenvalue weighted by molar-refractivity contribution is 6.12. The van der Waals surface area contributed by atoms with Crippen LogP contribution in [-0.2, 0) is 5.41 Å². The van der Waals surface area contributed by atoms with Crippen molar-refractivity contribution in [3.05, 3.63) is 295 Å². The minimum Gasteiger partial charge on any atom is -0.456 e. The number of aromatic nitrogens is 3. The van der Waals surface area contributed by atoms with Crippen LogP contribution in [0.4, 0.5) is 0 Å². The zero-order valence-electron chi connectivity index (χ0n) is 40.2. The van der Waals surface area contributed by atoms with Crippen LogP contribution in [0.3, 0.4) is 0 Å². The largest absolute Gasteiger partial charge is 0.456 e. The van der Waals surface area contributed by atoms with Gasteiger partial charge in [-0.15, -0.1) is 0 Å². The Bertz CT molecular complexity index is 4170. The molecule has 0 N–H and O–H groups in total. The summed E-state index contributed by atoms with van der Waals surface area (Å²) in [5.41, 5.74) is 20.5. The Kier molecular flexibility index (Phi) is 10.4. The zero-order chi connectivity index (χ0) is 49.0. The molecule has 0 unspecified atom stereocenters. The minimum atomic E-state index is -0.490. The maximum absolute atomic E-state index is 6.32. The molecule has 0 spiro atoms. The van der Waals surface area contributed by atoms with E-state index in [2.05, 4.69) is 212 Å². The van der Waals surface area contributed by atoms with Gasteiger partial charge in [0.1, 0.15) is 11.2 Å². The van der Waals surface area contributed by atoms with Gasteiger partial charge < -0.3 is 4.42 Å². The monoisotopic (exact) mass is 943 g/mol. The molecule has 0 aliphatic heterocycles. The summed E-state index contributed by atoms with van der Waals surface area (Å²) in [7, 11) is 0. The Balaban J connectivity index is 0.960. The fourth-order valence-electron chi connectivity index (χ4n) is 11.5. The maximum atomic E-state index is 6.32. The Hall–Kier alpha value is -9.77. The molecule has 4 heteroatoms. The number of furan rings is 1. The van der Waals surface area contributed by atoms with Gasteiger partial charge in [-0.3, -0.25) is 0 Å². The molecule has 4 nitrogen and oxygen atoms in total. The van der Waals surface area contributed by atoms with Crippen LogP contribution < -0.4 is 0 Å². The smallest absolute Gasteiger partial charge is 0.164 e. The average molecular weight is 944 g/mol. The summed E-state index contributed by atoms with van der Waals surface area (Å²) in [5, 5.41) is 2.01. The van der Waals surface area contributed by atoms with E-state index in [1.54, 1.807) is 0 Å². The quantitative estimate of drug-likeness (QED) is 0.145. The molecule has 2 heterocycles. The van der Waals surface area contributed by atoms with Gasteiger partial charge in [-0.25, -0.2) is 15.0 Å². The van der Waals surface area contributed by atoms with Crippen molar-refractivity contribution in [3.8, 4) is 89.8 Å². The normalized spacial score (nSPS) is 12.4. The van der Waals surface area contributed by atoms with Crippen LogP contribution in [0.5, 0.6) is 0 Å². The summed E-state index contributed by atoms with van der Waals surface area (Å²) in [6.45, 7) is 0. The van der Waals surface area contributed by atoms with Gasteiger partial charge in [0.05, 0.1) is 5.41 Å². The Morgan fingerprint density at radius 3 is 1.41 bits per heavy atom. The van der Waals surface area contributed by atoms with Crippen molar-refractivity contribution in [2.45, 2.75) is 5.41 Å². The third-order valence-electron chi connectivity index (χ3n) is 14.8. The van der Waals surface area contributed by atoms with Crippen LogP contribution >= 0.6 is 0 Å². The summed E-state index contributed by atoms with van der Waals surface area (Å²) in [6, 6.07) is 97.6. The molecule has 13 aromatic rings. The van der Waals surface area contributed by atoms with E-state index in [0.29, 0.717) is 17.5 Å². The van der Waals surface area contributed by atoms with Crippen LogP contribution in [-0.4, -0.2) is 15.0 Å². The van der Waals surface area contributed by atoms with Gasteiger partial charge in [0, 0.05) is 27.5 Å². The fraction of sp³-hybridized carbons (Fsp3) is 0.0143. The van der Waals surface area contributed by atoms with Crippen LogP contribution in [0.15, 0.2) is 277 Å². The van der Waals surface area contributed by atoms with Gasteiger partial charge in [0.2, 0.25) is 0 Å². The van der Waals surface area contributed by atoms with Crippen LogP contribution in [0.2, 0.25) is 0 Å². The van der Waals surface area contributed by atoms with E-state index in [0.717, 1.165) is 83.1 Å². The highest BCUT2D eigenvalue weighted by Crippen LogP contribution is 2.57. The third kappa shape index (κ3) is 7.10. The summed E-state index contributed by atoms with van der Waals surface area (Å²) < 4.78 is 6.32. The lowest BCUT2D eigenvalue weighted by molar-refractivity contribution is 0.669. The van der Waals surface area contributed by atoms with Gasteiger partial charge in [-0.05, 0) is 108 Å². The molecule has 0 atom stereocenters. The fourth-order valence-corrected chi connectivity index (χ4v) is 11.5. The molecule has 0 saturated carbocycles. The lowest BCUT2D eigenvalue weighted by Gasteiger charge is -2.34. The molecule has 0 amide bonds. The van der Waals surface area contributed by atoms with Crippen molar-refractivity contribution in [2.24, 2.45) is 0 Å². The van der Waals surface area contributed by atoms with E-state index in [1.807, 2.05) is 60.7 Å². The first-order valence-corrected chi connectivity index (χ1v) is 25.2. The topological polar surface area (TPSA) is 51.8 Å². The van der Waals surface area contributed by atoms with Gasteiger partial charge in [0.15, 0.2) is 17.5 Å². The molecular formula is C70H45N3O. The van der Waals surface area contributed by atoms with E-state index in [1.165, 1.54) is 33.4 Å². The number of rotatable bonds is 9. The highest BCUT2D eigenvalue weighted by Gasteiger charge is 2.46. The molecule has 2 aromatic heterocycles. The Morgan fingerprint density at radius 1 is 0.270 bits per heavy atom. The summed E-state index contributed by atoms with van der Waals surface area (Å²) in [4.78, 5) is 15.5. The zero-order valence-corrected chi connectivity index (χ0v) is 40.2. The maximum Gasteiger partial charge on any atom is 0.164 e. The number of hydrogen-bond acceptors (Lipinski definition) is 4. The standard InChI is InChI=1S/C70H45N3O/c1-6-21-46(22-7-1)52-44-58(47-37-39-50(40-38-47)68-71-67(49-25-10-3-11-26-49)72-69(73-68)57-33-20-36-64-66(57)56-32-17-19-35-63(56)74-64)65(48-23-8-2-9-24-48)59(45-52)51-41-42-62-60(43-51)55-31-16-18-34-61(55)70(62,53-27-12-4-13-28-53)54-29-14-5-15-30-54/h1-45H. The SMILES string of the molecule is c1ccc(-c2cc(-c3ccc(-c4nc(-c5ccccc5)nc(-c5cccc6oc7ccccc7c56)n4)cc3)c(-c3ccccc3)c(-c3ccc4c(c3)-c3ccccc3C4(c3ccccc3)c3ccccc3)c2)cc1. The molecule has 1 aliphatic rings. The summed E-state index contributed by atoms with van der Waals surface area (Å²) in [6.07, 6.45) is 0. The van der Waals surface area contributed by atoms with Gasteiger partial charge >= 0.3 is 0 Å². The molecule has 0 saturated heterocycles. The van der Waals surface area contributed by atoms with E-state index in [4.69, 9.17) is 19.4 Å². The van der Waals surface area contributed by atoms with Crippen LogP contribution in [0.1, 0.15) is 22.3 Å². The number of fused-ring (bicyclic) bond motifs is 6. The van der Waals surface area contributed by atoms with Crippen LogP contribution in [0.25, 0.3) is 112 Å². The Morgan fingerprint density at radius 2 is 0.730 bits per heavy atom. The van der Waals surface area contributed by atoms with E-state index in [9.17, 15) is 0 Å². The molecular weight excluding hydrogens is 899 g/mol. The average Bonchev–Trinajstić information content (AvgIpc) is 4.06. The first kappa shape index (κ1) is 43.1. The predicted molar refractivity (Wildman–Crippen MR) is 302 cm³/mol. The first-order chi connectivity index (χ1) is 36.7. The van der Waals surface area contributed by atoms with Crippen molar-refractivity contribution < 1.29 is 4.42 Å². The second-order valence-electron chi connectivity index (χ2n) is 19.0. The number of para-hydroxylation sites is 1. The first-order valence-electron chi connectivity index (χ1n) is 25.2. The van der Waals surface area contributed by atoms with E-state index >= 15 is 0 Å². The second-order valence-corrected chi connectivity index (χ2v) is 19.0. The Labute approximate surface area is 429 Å². The van der Waals surface area contributed by atoms with Crippen LogP contribution in [0, 0.1) is 0 Å². The molecule has 11 aromatic carbocycles. The minimum absolute atomic E-state index is 0.490. The third-order valence-corrected chi connectivity index (χ3v) is 14.8.